The third-order valence-corrected chi connectivity index (χ3v) is 4.46. The first kappa shape index (κ1) is 19.2. The summed E-state index contributed by atoms with van der Waals surface area (Å²) in [7, 11) is 1.51. The Kier molecular flexibility index (Phi) is 6.00. The van der Waals surface area contributed by atoms with E-state index >= 15 is 0 Å². The Morgan fingerprint density at radius 1 is 1.32 bits per heavy atom. The summed E-state index contributed by atoms with van der Waals surface area (Å²) in [4.78, 5) is 27.9. The van der Waals surface area contributed by atoms with Crippen LogP contribution in [0.4, 0.5) is 10.1 Å². The number of anilines is 1. The summed E-state index contributed by atoms with van der Waals surface area (Å²) >= 11 is 0. The first-order valence-electron chi connectivity index (χ1n) is 8.36. The Balaban J connectivity index is 2.19. The zero-order valence-corrected chi connectivity index (χ0v) is 15.2. The van der Waals surface area contributed by atoms with E-state index in [9.17, 15) is 14.0 Å². The van der Waals surface area contributed by atoms with Crippen molar-refractivity contribution in [2.45, 2.75) is 26.3 Å². The summed E-state index contributed by atoms with van der Waals surface area (Å²) in [5.41, 5.74) is -0.506. The highest BCUT2D eigenvalue weighted by Gasteiger charge is 2.37. The molecule has 0 bridgehead atoms. The summed E-state index contributed by atoms with van der Waals surface area (Å²) < 4.78 is 24.8. The van der Waals surface area contributed by atoms with E-state index in [2.05, 4.69) is 0 Å². The molecule has 0 spiro atoms. The van der Waals surface area contributed by atoms with Gasteiger partial charge in [-0.1, -0.05) is 0 Å². The fourth-order valence-corrected chi connectivity index (χ4v) is 2.59. The van der Waals surface area contributed by atoms with Crippen molar-refractivity contribution in [2.75, 3.05) is 44.9 Å². The highest BCUT2D eigenvalue weighted by Crippen LogP contribution is 2.24. The van der Waals surface area contributed by atoms with Gasteiger partial charge in [-0.25, -0.2) is 9.18 Å². The third-order valence-electron chi connectivity index (χ3n) is 4.46. The van der Waals surface area contributed by atoms with Crippen molar-refractivity contribution in [2.24, 2.45) is 0 Å². The quantitative estimate of drug-likeness (QED) is 0.760. The van der Waals surface area contributed by atoms with Crippen LogP contribution < -0.4 is 4.90 Å². The van der Waals surface area contributed by atoms with Gasteiger partial charge in [0.2, 0.25) is 0 Å². The average Bonchev–Trinajstić information content (AvgIpc) is 2.61. The number of esters is 1. The minimum Gasteiger partial charge on any atom is -0.464 e. The largest absolute Gasteiger partial charge is 0.464 e. The molecule has 1 aromatic rings. The van der Waals surface area contributed by atoms with Crippen molar-refractivity contribution in [3.05, 3.63) is 29.6 Å². The van der Waals surface area contributed by atoms with Gasteiger partial charge in [0.25, 0.3) is 5.91 Å². The maximum absolute atomic E-state index is 14.5. The van der Waals surface area contributed by atoms with Gasteiger partial charge in [0.05, 0.1) is 25.5 Å². The zero-order chi connectivity index (χ0) is 18.6. The van der Waals surface area contributed by atoms with Crippen LogP contribution in [0.1, 0.15) is 31.1 Å². The second-order valence-electron chi connectivity index (χ2n) is 6.41. The van der Waals surface area contributed by atoms with E-state index in [1.165, 1.54) is 18.0 Å². The number of nitrogens with zero attached hydrogens (tertiary/aromatic N) is 2. The lowest BCUT2D eigenvalue weighted by Crippen LogP contribution is -2.51. The number of carbonyl (C=O) groups excluding carboxylic acids is 2. The molecule has 0 unspecified atom stereocenters. The molecule has 1 aliphatic rings. The summed E-state index contributed by atoms with van der Waals surface area (Å²) in [6.45, 7) is 7.46. The smallest absolute Gasteiger partial charge is 0.331 e. The normalized spacial score (nSPS) is 15.0. The standard InChI is InChI=1S/C18H25FN2O4/c1-5-25-17(23)18(2,3)20(4)16(22)13-6-7-15(14(19)12-13)21-8-10-24-11-9-21/h6-7,12H,5,8-11H2,1-4H3. The van der Waals surface area contributed by atoms with Gasteiger partial charge in [-0.2, -0.15) is 0 Å². The molecule has 0 atom stereocenters. The molecule has 2 rings (SSSR count). The van der Waals surface area contributed by atoms with Gasteiger partial charge < -0.3 is 19.3 Å². The number of carbonyl (C=O) groups is 2. The van der Waals surface area contributed by atoms with Gasteiger partial charge in [-0.3, -0.25) is 4.79 Å². The van der Waals surface area contributed by atoms with Crippen LogP contribution in [0.5, 0.6) is 0 Å². The minimum absolute atomic E-state index is 0.189. The number of ether oxygens (including phenoxy) is 2. The van der Waals surface area contributed by atoms with E-state index in [4.69, 9.17) is 9.47 Å². The van der Waals surface area contributed by atoms with Gasteiger partial charge in [0, 0.05) is 25.7 Å². The van der Waals surface area contributed by atoms with Gasteiger partial charge in [0.15, 0.2) is 0 Å². The SMILES string of the molecule is CCOC(=O)C(C)(C)N(C)C(=O)c1ccc(N2CCOCC2)c(F)c1. The van der Waals surface area contributed by atoms with Crippen LogP contribution in [0, 0.1) is 5.82 Å². The van der Waals surface area contributed by atoms with Crippen LogP contribution in [0.25, 0.3) is 0 Å². The Labute approximate surface area is 147 Å². The van der Waals surface area contributed by atoms with E-state index in [0.717, 1.165) is 0 Å². The van der Waals surface area contributed by atoms with Crippen LogP contribution >= 0.6 is 0 Å². The van der Waals surface area contributed by atoms with Crippen molar-refractivity contribution < 1.29 is 23.5 Å². The number of morpholine rings is 1. The molecule has 0 N–H and O–H groups in total. The fourth-order valence-electron chi connectivity index (χ4n) is 2.59. The van der Waals surface area contributed by atoms with Crippen molar-refractivity contribution >= 4 is 17.6 Å². The molecule has 0 aromatic heterocycles. The van der Waals surface area contributed by atoms with Gasteiger partial charge in [-0.15, -0.1) is 0 Å². The number of amides is 1. The molecule has 1 fully saturated rings. The molecule has 138 valence electrons. The van der Waals surface area contributed by atoms with Crippen molar-refractivity contribution in [3.63, 3.8) is 0 Å². The summed E-state index contributed by atoms with van der Waals surface area (Å²) in [5.74, 6) is -1.41. The van der Waals surface area contributed by atoms with Crippen LogP contribution in [0.15, 0.2) is 18.2 Å². The van der Waals surface area contributed by atoms with Crippen LogP contribution in [0.2, 0.25) is 0 Å². The van der Waals surface area contributed by atoms with E-state index in [0.29, 0.717) is 32.0 Å². The molecule has 1 heterocycles. The van der Waals surface area contributed by atoms with Crippen LogP contribution in [-0.2, 0) is 14.3 Å². The number of hydrogen-bond donors (Lipinski definition) is 0. The predicted molar refractivity (Wildman–Crippen MR) is 92.2 cm³/mol. The van der Waals surface area contributed by atoms with Crippen LogP contribution in [0.3, 0.4) is 0 Å². The van der Waals surface area contributed by atoms with Crippen molar-refractivity contribution in [1.82, 2.24) is 4.90 Å². The third kappa shape index (κ3) is 4.10. The number of benzene rings is 1. The molecule has 0 saturated carbocycles. The summed E-state index contributed by atoms with van der Waals surface area (Å²) in [5, 5.41) is 0. The molecular formula is C18H25FN2O4. The fraction of sp³-hybridized carbons (Fsp3) is 0.556. The lowest BCUT2D eigenvalue weighted by molar-refractivity contribution is -0.153. The molecule has 1 saturated heterocycles. The van der Waals surface area contributed by atoms with Gasteiger partial charge in [-0.05, 0) is 39.0 Å². The minimum atomic E-state index is -1.15. The molecule has 1 amide bonds. The highest BCUT2D eigenvalue weighted by atomic mass is 19.1. The van der Waals surface area contributed by atoms with E-state index in [-0.39, 0.29) is 12.2 Å². The van der Waals surface area contributed by atoms with Crippen LogP contribution in [-0.4, -0.2) is 62.3 Å². The molecule has 6 nitrogen and oxygen atoms in total. The number of hydrogen-bond acceptors (Lipinski definition) is 5. The Morgan fingerprint density at radius 3 is 2.52 bits per heavy atom. The van der Waals surface area contributed by atoms with Crippen molar-refractivity contribution in [1.29, 1.82) is 0 Å². The second-order valence-corrected chi connectivity index (χ2v) is 6.41. The lowest BCUT2D eigenvalue weighted by Gasteiger charge is -2.33. The summed E-state index contributed by atoms with van der Waals surface area (Å²) in [6.07, 6.45) is 0. The molecule has 0 radical (unpaired) electrons. The van der Waals surface area contributed by atoms with E-state index in [1.54, 1.807) is 32.9 Å². The predicted octanol–water partition coefficient (Wildman–Crippen LogP) is 2.08. The van der Waals surface area contributed by atoms with E-state index in [1.807, 2.05) is 4.90 Å². The molecular weight excluding hydrogens is 327 g/mol. The highest BCUT2D eigenvalue weighted by molar-refractivity contribution is 5.98. The Bertz CT molecular complexity index is 642. The number of likely N-dealkylation sites (N-methyl/N-ethyl adjacent to an activating group) is 1. The van der Waals surface area contributed by atoms with Gasteiger partial charge in [0.1, 0.15) is 11.4 Å². The first-order chi connectivity index (χ1) is 11.8. The van der Waals surface area contributed by atoms with Gasteiger partial charge >= 0.3 is 5.97 Å². The summed E-state index contributed by atoms with van der Waals surface area (Å²) in [6, 6.07) is 4.39. The number of rotatable bonds is 5. The first-order valence-corrected chi connectivity index (χ1v) is 8.36. The molecule has 25 heavy (non-hydrogen) atoms. The topological polar surface area (TPSA) is 59.1 Å². The maximum Gasteiger partial charge on any atom is 0.331 e. The van der Waals surface area contributed by atoms with E-state index < -0.39 is 23.2 Å². The zero-order valence-electron chi connectivity index (χ0n) is 15.2. The Hall–Kier alpha value is -2.15. The molecule has 0 aliphatic carbocycles. The number of halogens is 1. The molecule has 1 aliphatic heterocycles. The van der Waals surface area contributed by atoms with Crippen molar-refractivity contribution in [3.8, 4) is 0 Å². The maximum atomic E-state index is 14.5. The lowest BCUT2D eigenvalue weighted by atomic mass is 10.0. The molecule has 7 heteroatoms. The molecule has 1 aromatic carbocycles. The second kappa shape index (κ2) is 7.82. The average molecular weight is 352 g/mol. The monoisotopic (exact) mass is 352 g/mol. The Morgan fingerprint density at radius 2 is 1.96 bits per heavy atom.